The second kappa shape index (κ2) is 8.74. The van der Waals surface area contributed by atoms with E-state index in [0.717, 1.165) is 21.0 Å². The molecule has 4 aromatic rings. The van der Waals surface area contributed by atoms with E-state index < -0.39 is 15.9 Å². The smallest absolute Gasteiger partial charge is 0.243 e. The van der Waals surface area contributed by atoms with Gasteiger partial charge >= 0.3 is 0 Å². The third-order valence-corrected chi connectivity index (χ3v) is 8.78. The first kappa shape index (κ1) is 21.8. The molecule has 5 rings (SSSR count). The van der Waals surface area contributed by atoms with E-state index in [1.807, 2.05) is 36.4 Å². The Labute approximate surface area is 196 Å². The number of ether oxygens (including phenoxy) is 1. The van der Waals surface area contributed by atoms with Gasteiger partial charge in [-0.1, -0.05) is 41.7 Å². The fraction of sp³-hybridized carbons (Fsp3) is 0.250. The number of nitrogens with zero attached hydrogens (tertiary/aromatic N) is 2. The largest absolute Gasteiger partial charge is 0.497 e. The summed E-state index contributed by atoms with van der Waals surface area (Å²) in [6.07, 6.45) is 1.26. The van der Waals surface area contributed by atoms with Crippen LogP contribution in [0.25, 0.3) is 21.0 Å². The van der Waals surface area contributed by atoms with Gasteiger partial charge in [-0.15, -0.1) is 0 Å². The molecule has 0 saturated carbocycles. The number of methoxy groups -OCH3 is 1. The predicted octanol–water partition coefficient (Wildman–Crippen LogP) is 4.50. The molecule has 1 unspecified atom stereocenters. The number of carbonyl (C=O) groups excluding carboxylic acids is 1. The van der Waals surface area contributed by atoms with E-state index in [2.05, 4.69) is 10.3 Å². The Kier molecular flexibility index (Phi) is 5.77. The minimum absolute atomic E-state index is 0.147. The summed E-state index contributed by atoms with van der Waals surface area (Å²) in [6, 6.07) is 18.4. The lowest BCUT2D eigenvalue weighted by Gasteiger charge is -2.31. The van der Waals surface area contributed by atoms with E-state index in [-0.39, 0.29) is 17.3 Å². The maximum atomic E-state index is 13.1. The Morgan fingerprint density at radius 1 is 1.12 bits per heavy atom. The second-order valence-corrected chi connectivity index (χ2v) is 11.0. The zero-order valence-corrected chi connectivity index (χ0v) is 19.7. The van der Waals surface area contributed by atoms with Crippen molar-refractivity contribution in [3.05, 3.63) is 60.7 Å². The van der Waals surface area contributed by atoms with E-state index in [1.165, 1.54) is 34.9 Å². The van der Waals surface area contributed by atoms with Crippen LogP contribution in [-0.2, 0) is 14.8 Å². The van der Waals surface area contributed by atoms with Crippen LogP contribution in [0.15, 0.2) is 65.6 Å². The Morgan fingerprint density at radius 2 is 1.91 bits per heavy atom. The maximum Gasteiger partial charge on any atom is 0.243 e. The molecule has 0 radical (unpaired) electrons. The molecule has 0 aliphatic carbocycles. The highest BCUT2D eigenvalue weighted by Crippen LogP contribution is 2.32. The van der Waals surface area contributed by atoms with Gasteiger partial charge in [0.15, 0.2) is 5.13 Å². The van der Waals surface area contributed by atoms with Crippen molar-refractivity contribution in [2.75, 3.05) is 25.5 Å². The minimum atomic E-state index is -3.69. The van der Waals surface area contributed by atoms with E-state index in [1.54, 1.807) is 12.1 Å². The van der Waals surface area contributed by atoms with E-state index in [4.69, 9.17) is 4.74 Å². The first-order valence-corrected chi connectivity index (χ1v) is 12.9. The number of piperidine rings is 1. The number of hydrogen-bond acceptors (Lipinski definition) is 6. The molecular weight excluding hydrogens is 458 g/mol. The average molecular weight is 482 g/mol. The topological polar surface area (TPSA) is 88.6 Å². The van der Waals surface area contributed by atoms with Gasteiger partial charge in [-0.2, -0.15) is 4.31 Å². The number of fused-ring (bicyclic) bond motifs is 3. The van der Waals surface area contributed by atoms with Crippen molar-refractivity contribution in [2.45, 2.75) is 17.7 Å². The van der Waals surface area contributed by atoms with Crippen molar-refractivity contribution in [3.63, 3.8) is 0 Å². The molecule has 170 valence electrons. The fourth-order valence-electron chi connectivity index (χ4n) is 4.19. The van der Waals surface area contributed by atoms with Crippen LogP contribution in [0.3, 0.4) is 0 Å². The lowest BCUT2D eigenvalue weighted by Crippen LogP contribution is -2.43. The van der Waals surface area contributed by atoms with Gasteiger partial charge in [0.1, 0.15) is 5.75 Å². The van der Waals surface area contributed by atoms with Gasteiger partial charge in [0, 0.05) is 18.5 Å². The molecule has 0 bridgehead atoms. The molecule has 1 aromatic heterocycles. The van der Waals surface area contributed by atoms with Crippen LogP contribution in [0.5, 0.6) is 5.75 Å². The van der Waals surface area contributed by atoms with Gasteiger partial charge in [-0.3, -0.25) is 4.79 Å². The lowest BCUT2D eigenvalue weighted by molar-refractivity contribution is -0.120. The summed E-state index contributed by atoms with van der Waals surface area (Å²) in [7, 11) is -2.15. The maximum absolute atomic E-state index is 13.1. The quantitative estimate of drug-likeness (QED) is 0.454. The highest BCUT2D eigenvalue weighted by Gasteiger charge is 2.33. The Hall–Kier alpha value is -3.01. The van der Waals surface area contributed by atoms with E-state index >= 15 is 0 Å². The van der Waals surface area contributed by atoms with Crippen molar-refractivity contribution >= 4 is 53.4 Å². The van der Waals surface area contributed by atoms with Crippen molar-refractivity contribution in [1.29, 1.82) is 0 Å². The molecule has 1 aliphatic rings. The van der Waals surface area contributed by atoms with Crippen LogP contribution >= 0.6 is 11.3 Å². The standard InChI is InChI=1S/C24H23N3O4S2/c1-31-18-9-11-19(12-10-18)33(29,30)27-14-4-6-17(15-27)23(28)26-24-25-22-20-7-3-2-5-16(20)8-13-21(22)32-24/h2-3,5,7-13,17H,4,6,14-15H2,1H3,(H,25,26,28). The zero-order chi connectivity index (χ0) is 23.0. The molecule has 1 aliphatic heterocycles. The summed E-state index contributed by atoms with van der Waals surface area (Å²) in [4.78, 5) is 17.9. The predicted molar refractivity (Wildman–Crippen MR) is 130 cm³/mol. The number of sulfonamides is 1. The number of aromatic nitrogens is 1. The second-order valence-electron chi connectivity index (χ2n) is 8.02. The molecule has 9 heteroatoms. The number of benzene rings is 3. The Bertz CT molecular complexity index is 1430. The summed E-state index contributed by atoms with van der Waals surface area (Å²) < 4.78 is 33.7. The van der Waals surface area contributed by atoms with Crippen LogP contribution in [0.4, 0.5) is 5.13 Å². The fourth-order valence-corrected chi connectivity index (χ4v) is 6.60. The van der Waals surface area contributed by atoms with Crippen molar-refractivity contribution in [3.8, 4) is 5.75 Å². The Balaban J connectivity index is 1.33. The first-order valence-electron chi connectivity index (χ1n) is 10.7. The highest BCUT2D eigenvalue weighted by atomic mass is 32.2. The monoisotopic (exact) mass is 481 g/mol. The number of thiazole rings is 1. The van der Waals surface area contributed by atoms with Crippen molar-refractivity contribution in [2.24, 2.45) is 5.92 Å². The van der Waals surface area contributed by atoms with Crippen molar-refractivity contribution in [1.82, 2.24) is 9.29 Å². The minimum Gasteiger partial charge on any atom is -0.497 e. The van der Waals surface area contributed by atoms with Crippen LogP contribution < -0.4 is 10.1 Å². The van der Waals surface area contributed by atoms with Crippen LogP contribution in [-0.4, -0.2) is 43.8 Å². The number of amides is 1. The van der Waals surface area contributed by atoms with Gasteiger partial charge in [0.2, 0.25) is 15.9 Å². The molecule has 1 N–H and O–H groups in total. The molecule has 7 nitrogen and oxygen atoms in total. The highest BCUT2D eigenvalue weighted by molar-refractivity contribution is 7.89. The molecule has 2 heterocycles. The van der Waals surface area contributed by atoms with Crippen molar-refractivity contribution < 1.29 is 17.9 Å². The van der Waals surface area contributed by atoms with Crippen LogP contribution in [0.2, 0.25) is 0 Å². The van der Waals surface area contributed by atoms with Gasteiger partial charge in [-0.05, 0) is 48.6 Å². The number of hydrogen-bond donors (Lipinski definition) is 1. The summed E-state index contributed by atoms with van der Waals surface area (Å²) in [6.45, 7) is 0.541. The molecule has 1 atom stereocenters. The zero-order valence-electron chi connectivity index (χ0n) is 18.0. The van der Waals surface area contributed by atoms with Crippen LogP contribution in [0.1, 0.15) is 12.8 Å². The number of carbonyl (C=O) groups is 1. The molecule has 1 fully saturated rings. The third kappa shape index (κ3) is 4.19. The number of rotatable bonds is 5. The molecular formula is C24H23N3O4S2. The van der Waals surface area contributed by atoms with Gasteiger partial charge < -0.3 is 10.1 Å². The normalized spacial score (nSPS) is 17.3. The summed E-state index contributed by atoms with van der Waals surface area (Å²) in [5.41, 5.74) is 0.862. The third-order valence-electron chi connectivity index (χ3n) is 5.97. The summed E-state index contributed by atoms with van der Waals surface area (Å²) >= 11 is 1.42. The number of anilines is 1. The molecule has 0 spiro atoms. The van der Waals surface area contributed by atoms with Gasteiger partial charge in [0.25, 0.3) is 0 Å². The van der Waals surface area contributed by atoms with Gasteiger partial charge in [0.05, 0.1) is 28.1 Å². The summed E-state index contributed by atoms with van der Waals surface area (Å²) in [5.74, 6) is -0.0445. The first-order chi connectivity index (χ1) is 16.0. The summed E-state index contributed by atoms with van der Waals surface area (Å²) in [5, 5.41) is 5.59. The van der Waals surface area contributed by atoms with E-state index in [9.17, 15) is 13.2 Å². The lowest BCUT2D eigenvalue weighted by atomic mass is 9.99. The van der Waals surface area contributed by atoms with E-state index in [0.29, 0.717) is 30.3 Å². The van der Waals surface area contributed by atoms with Crippen LogP contribution in [0, 0.1) is 5.92 Å². The molecule has 1 amide bonds. The molecule has 3 aromatic carbocycles. The van der Waals surface area contributed by atoms with Gasteiger partial charge in [-0.25, -0.2) is 13.4 Å². The average Bonchev–Trinajstić information content (AvgIpc) is 3.27. The molecule has 33 heavy (non-hydrogen) atoms. The SMILES string of the molecule is COc1ccc(S(=O)(=O)N2CCCC(C(=O)Nc3nc4c(ccc5ccccc54)s3)C2)cc1. The number of nitrogens with one attached hydrogen (secondary N) is 1. The Morgan fingerprint density at radius 3 is 2.70 bits per heavy atom. The molecule has 1 saturated heterocycles.